The van der Waals surface area contributed by atoms with Gasteiger partial charge in [0.25, 0.3) is 0 Å². The van der Waals surface area contributed by atoms with Crippen molar-refractivity contribution in [3.8, 4) is 11.5 Å². The van der Waals surface area contributed by atoms with Gasteiger partial charge in [-0.25, -0.2) is 14.4 Å². The molecule has 0 spiro atoms. The zero-order valence-electron chi connectivity index (χ0n) is 19.5. The molecule has 2 rings (SSSR count). The highest BCUT2D eigenvalue weighted by molar-refractivity contribution is 5.81. The summed E-state index contributed by atoms with van der Waals surface area (Å²) in [6.07, 6.45) is 3.51. The number of esters is 2. The minimum absolute atomic E-state index is 0.287. The summed E-state index contributed by atoms with van der Waals surface area (Å²) >= 11 is 0. The Morgan fingerprint density at radius 2 is 1.06 bits per heavy atom. The van der Waals surface area contributed by atoms with Gasteiger partial charge in [0.1, 0.15) is 23.7 Å². The highest BCUT2D eigenvalue weighted by Crippen LogP contribution is 2.27. The molecule has 7 heteroatoms. The highest BCUT2D eigenvalue weighted by atomic mass is 16.7. The summed E-state index contributed by atoms with van der Waals surface area (Å²) in [6.45, 7) is 10.8. The van der Waals surface area contributed by atoms with Gasteiger partial charge in [-0.15, -0.1) is 0 Å². The maximum Gasteiger partial charge on any atom is 0.519 e. The van der Waals surface area contributed by atoms with Crippen molar-refractivity contribution in [1.29, 1.82) is 0 Å². The van der Waals surface area contributed by atoms with E-state index in [2.05, 4.69) is 13.2 Å². The van der Waals surface area contributed by atoms with E-state index in [4.69, 9.17) is 18.9 Å². The summed E-state index contributed by atoms with van der Waals surface area (Å²) in [5.41, 5.74) is 1.57. The second-order valence-corrected chi connectivity index (χ2v) is 7.43. The van der Waals surface area contributed by atoms with Crippen molar-refractivity contribution in [1.82, 2.24) is 0 Å². The normalized spacial score (nSPS) is 12.1. The average molecular weight is 467 g/mol. The molecule has 180 valence electrons. The van der Waals surface area contributed by atoms with Gasteiger partial charge in [0.05, 0.1) is 0 Å². The molecule has 0 bridgehead atoms. The largest absolute Gasteiger partial charge is 0.519 e. The SMILES string of the molecule is C=CC(=O)OC(CCC)c1ccc(OC(=O)Oc2ccc(C(CCC)OC(=O)C=C)cc2)cc1. The van der Waals surface area contributed by atoms with E-state index in [9.17, 15) is 14.4 Å². The number of carbonyl (C=O) groups excluding carboxylic acids is 3. The number of benzene rings is 2. The quantitative estimate of drug-likeness (QED) is 0.203. The summed E-state index contributed by atoms with van der Waals surface area (Å²) in [5, 5.41) is 0. The van der Waals surface area contributed by atoms with Crippen LogP contribution in [0.15, 0.2) is 73.8 Å². The molecule has 0 radical (unpaired) electrons. The zero-order chi connectivity index (χ0) is 24.9. The average Bonchev–Trinajstić information content (AvgIpc) is 2.84. The predicted octanol–water partition coefficient (Wildman–Crippen LogP) is 6.41. The molecule has 0 saturated carbocycles. The van der Waals surface area contributed by atoms with Gasteiger partial charge in [-0.1, -0.05) is 64.1 Å². The molecular formula is C27H30O7. The van der Waals surface area contributed by atoms with E-state index in [1.165, 1.54) is 0 Å². The van der Waals surface area contributed by atoms with Gasteiger partial charge in [0, 0.05) is 12.2 Å². The van der Waals surface area contributed by atoms with E-state index >= 15 is 0 Å². The van der Waals surface area contributed by atoms with Gasteiger partial charge < -0.3 is 18.9 Å². The monoisotopic (exact) mass is 466 g/mol. The van der Waals surface area contributed by atoms with E-state index in [1.54, 1.807) is 48.5 Å². The molecule has 0 aliphatic carbocycles. The Morgan fingerprint density at radius 3 is 1.35 bits per heavy atom. The van der Waals surface area contributed by atoms with Crippen LogP contribution in [0.4, 0.5) is 4.79 Å². The van der Waals surface area contributed by atoms with E-state index in [-0.39, 0.29) is 11.5 Å². The molecule has 0 saturated heterocycles. The summed E-state index contributed by atoms with van der Waals surface area (Å²) in [4.78, 5) is 35.3. The number of carbonyl (C=O) groups is 3. The Balaban J connectivity index is 1.98. The molecule has 34 heavy (non-hydrogen) atoms. The molecule has 0 N–H and O–H groups in total. The van der Waals surface area contributed by atoms with Crippen LogP contribution in [0, 0.1) is 0 Å². The Kier molecular flexibility index (Phi) is 10.6. The van der Waals surface area contributed by atoms with E-state index in [0.29, 0.717) is 12.8 Å². The fraction of sp³-hybridized carbons (Fsp3) is 0.296. The molecule has 0 heterocycles. The van der Waals surface area contributed by atoms with Gasteiger partial charge in [-0.2, -0.15) is 0 Å². The minimum atomic E-state index is -0.896. The number of hydrogen-bond acceptors (Lipinski definition) is 7. The molecular weight excluding hydrogens is 436 g/mol. The third kappa shape index (κ3) is 8.24. The van der Waals surface area contributed by atoms with Gasteiger partial charge >= 0.3 is 18.1 Å². The van der Waals surface area contributed by atoms with Crippen LogP contribution in [0.5, 0.6) is 11.5 Å². The lowest BCUT2D eigenvalue weighted by Gasteiger charge is -2.17. The Labute approximate surface area is 200 Å². The molecule has 0 aliphatic heterocycles. The fourth-order valence-electron chi connectivity index (χ4n) is 3.20. The third-order valence-electron chi connectivity index (χ3n) is 4.86. The molecule has 0 amide bonds. The lowest BCUT2D eigenvalue weighted by Crippen LogP contribution is -2.14. The topological polar surface area (TPSA) is 88.1 Å². The smallest absolute Gasteiger partial charge is 0.454 e. The van der Waals surface area contributed by atoms with E-state index in [1.807, 2.05) is 13.8 Å². The Morgan fingerprint density at radius 1 is 0.706 bits per heavy atom. The standard InChI is InChI=1S/C27H30O7/c1-5-9-23(33-25(28)7-3)19-11-15-21(16-12-19)31-27(30)32-22-17-13-20(14-18-22)24(10-6-2)34-26(29)8-4/h7-8,11-18,23-24H,3-6,9-10H2,1-2H3. The first-order valence-corrected chi connectivity index (χ1v) is 11.2. The van der Waals surface area contributed by atoms with Gasteiger partial charge in [-0.3, -0.25) is 0 Å². The van der Waals surface area contributed by atoms with Crippen LogP contribution in [-0.2, 0) is 19.1 Å². The van der Waals surface area contributed by atoms with Crippen molar-refractivity contribution in [2.24, 2.45) is 0 Å². The number of ether oxygens (including phenoxy) is 4. The third-order valence-corrected chi connectivity index (χ3v) is 4.86. The number of rotatable bonds is 12. The van der Waals surface area contributed by atoms with Crippen LogP contribution in [0.1, 0.15) is 62.9 Å². The fourth-order valence-corrected chi connectivity index (χ4v) is 3.20. The van der Waals surface area contributed by atoms with E-state index in [0.717, 1.165) is 36.1 Å². The van der Waals surface area contributed by atoms with Crippen LogP contribution in [-0.4, -0.2) is 18.1 Å². The molecule has 0 aliphatic rings. The second kappa shape index (κ2) is 13.6. The first-order valence-electron chi connectivity index (χ1n) is 11.2. The molecule has 2 unspecified atom stereocenters. The molecule has 7 nitrogen and oxygen atoms in total. The van der Waals surface area contributed by atoms with Crippen LogP contribution in [0.3, 0.4) is 0 Å². The zero-order valence-corrected chi connectivity index (χ0v) is 19.5. The second-order valence-electron chi connectivity index (χ2n) is 7.43. The van der Waals surface area contributed by atoms with Crippen molar-refractivity contribution in [3.05, 3.63) is 85.0 Å². The summed E-state index contributed by atoms with van der Waals surface area (Å²) in [5.74, 6) is -0.411. The van der Waals surface area contributed by atoms with Crippen molar-refractivity contribution in [2.75, 3.05) is 0 Å². The van der Waals surface area contributed by atoms with Crippen molar-refractivity contribution in [2.45, 2.75) is 51.7 Å². The lowest BCUT2D eigenvalue weighted by molar-refractivity contribution is -0.144. The van der Waals surface area contributed by atoms with Crippen LogP contribution in [0.25, 0.3) is 0 Å². The summed E-state index contributed by atoms with van der Waals surface area (Å²) in [7, 11) is 0. The van der Waals surface area contributed by atoms with E-state index < -0.39 is 30.3 Å². The molecule has 0 fully saturated rings. The van der Waals surface area contributed by atoms with Gasteiger partial charge in [0.15, 0.2) is 0 Å². The Hall–Kier alpha value is -3.87. The Bertz CT molecular complexity index is 898. The number of hydrogen-bond donors (Lipinski definition) is 0. The summed E-state index contributed by atoms with van der Waals surface area (Å²) in [6, 6.07) is 13.3. The first kappa shape index (κ1) is 26.4. The first-order chi connectivity index (χ1) is 16.4. The van der Waals surface area contributed by atoms with Crippen LogP contribution < -0.4 is 9.47 Å². The highest BCUT2D eigenvalue weighted by Gasteiger charge is 2.17. The summed E-state index contributed by atoms with van der Waals surface area (Å²) < 4.78 is 21.2. The predicted molar refractivity (Wildman–Crippen MR) is 127 cm³/mol. The van der Waals surface area contributed by atoms with Crippen LogP contribution in [0.2, 0.25) is 0 Å². The van der Waals surface area contributed by atoms with Crippen molar-refractivity contribution < 1.29 is 33.3 Å². The molecule has 2 aromatic carbocycles. The van der Waals surface area contributed by atoms with Crippen molar-refractivity contribution in [3.63, 3.8) is 0 Å². The van der Waals surface area contributed by atoms with Crippen LogP contribution >= 0.6 is 0 Å². The van der Waals surface area contributed by atoms with Crippen molar-refractivity contribution >= 4 is 18.1 Å². The molecule has 2 atom stereocenters. The minimum Gasteiger partial charge on any atom is -0.454 e. The van der Waals surface area contributed by atoms with Gasteiger partial charge in [-0.05, 0) is 48.2 Å². The molecule has 0 aromatic heterocycles. The molecule has 2 aromatic rings. The lowest BCUT2D eigenvalue weighted by atomic mass is 10.0. The maximum absolute atomic E-state index is 12.2. The maximum atomic E-state index is 12.2. The van der Waals surface area contributed by atoms with Gasteiger partial charge in [0.2, 0.25) is 0 Å².